The third kappa shape index (κ3) is 3.69. The van der Waals surface area contributed by atoms with Gasteiger partial charge in [-0.05, 0) is 18.2 Å². The largest absolute Gasteiger partial charge is 0.326 e. The van der Waals surface area contributed by atoms with Crippen molar-refractivity contribution in [3.05, 3.63) is 23.2 Å². The van der Waals surface area contributed by atoms with Crippen molar-refractivity contribution in [3.8, 4) is 0 Å². The number of carbonyl (C=O) groups is 1. The highest BCUT2D eigenvalue weighted by atomic mass is 35.5. The van der Waals surface area contributed by atoms with Gasteiger partial charge in [-0.1, -0.05) is 25.4 Å². The summed E-state index contributed by atoms with van der Waals surface area (Å²) >= 11 is 5.77. The Balaban J connectivity index is 3.02. The fourth-order valence-electron chi connectivity index (χ4n) is 1.10. The minimum atomic E-state index is -3.84. The number of sulfonamides is 1. The van der Waals surface area contributed by atoms with Crippen LogP contribution in [0.4, 0.5) is 5.69 Å². The first-order chi connectivity index (χ1) is 7.71. The Morgan fingerprint density at radius 2 is 2.00 bits per heavy atom. The number of anilines is 1. The van der Waals surface area contributed by atoms with Gasteiger partial charge in [0, 0.05) is 11.6 Å². The molecule has 94 valence electrons. The van der Waals surface area contributed by atoms with E-state index in [1.807, 2.05) is 0 Å². The summed E-state index contributed by atoms with van der Waals surface area (Å²) in [5.74, 6) is -0.351. The molecule has 0 unspecified atom stereocenters. The summed E-state index contributed by atoms with van der Waals surface area (Å²) < 4.78 is 22.2. The van der Waals surface area contributed by atoms with Gasteiger partial charge in [0.1, 0.15) is 4.90 Å². The topological polar surface area (TPSA) is 89.3 Å². The average Bonchev–Trinajstić information content (AvgIpc) is 2.15. The molecule has 0 aliphatic carbocycles. The van der Waals surface area contributed by atoms with Crippen LogP contribution < -0.4 is 10.5 Å². The van der Waals surface area contributed by atoms with Gasteiger partial charge in [0.05, 0.1) is 5.02 Å². The highest BCUT2D eigenvalue weighted by Crippen LogP contribution is 2.24. The molecule has 0 saturated carbocycles. The molecule has 0 spiro atoms. The Kier molecular flexibility index (Phi) is 4.13. The zero-order valence-electron chi connectivity index (χ0n) is 9.40. The van der Waals surface area contributed by atoms with Crippen molar-refractivity contribution in [3.63, 3.8) is 0 Å². The van der Waals surface area contributed by atoms with Crippen LogP contribution >= 0.6 is 11.6 Å². The molecule has 0 aliphatic heterocycles. The molecule has 5 nitrogen and oxygen atoms in total. The van der Waals surface area contributed by atoms with Gasteiger partial charge in [-0.3, -0.25) is 4.79 Å². The minimum absolute atomic E-state index is 0.0194. The SMILES string of the molecule is CC(C)C(=O)Nc1ccc(S(N)(=O)=O)c(Cl)c1. The summed E-state index contributed by atoms with van der Waals surface area (Å²) in [6.45, 7) is 3.49. The summed E-state index contributed by atoms with van der Waals surface area (Å²) in [7, 11) is -3.84. The fourth-order valence-corrected chi connectivity index (χ4v) is 2.19. The molecule has 1 rings (SSSR count). The first-order valence-electron chi connectivity index (χ1n) is 4.85. The van der Waals surface area contributed by atoms with Crippen LogP contribution in [0, 0.1) is 5.92 Å². The lowest BCUT2D eigenvalue weighted by Gasteiger charge is -2.09. The van der Waals surface area contributed by atoms with Gasteiger partial charge in [-0.15, -0.1) is 0 Å². The number of hydrogen-bond acceptors (Lipinski definition) is 3. The molecule has 0 fully saturated rings. The minimum Gasteiger partial charge on any atom is -0.326 e. The molecule has 0 bridgehead atoms. The quantitative estimate of drug-likeness (QED) is 0.878. The van der Waals surface area contributed by atoms with Crippen molar-refractivity contribution >= 4 is 33.2 Å². The third-order valence-corrected chi connectivity index (χ3v) is 3.42. The van der Waals surface area contributed by atoms with E-state index in [0.29, 0.717) is 5.69 Å². The van der Waals surface area contributed by atoms with Crippen molar-refractivity contribution in [2.45, 2.75) is 18.7 Å². The van der Waals surface area contributed by atoms with Crippen LogP contribution in [0.2, 0.25) is 5.02 Å². The number of halogens is 1. The van der Waals surface area contributed by atoms with Crippen LogP contribution in [0.1, 0.15) is 13.8 Å². The normalized spacial score (nSPS) is 11.6. The molecule has 0 atom stereocenters. The zero-order valence-corrected chi connectivity index (χ0v) is 11.0. The highest BCUT2D eigenvalue weighted by Gasteiger charge is 2.14. The third-order valence-electron chi connectivity index (χ3n) is 2.03. The number of nitrogens with two attached hydrogens (primary N) is 1. The maximum absolute atomic E-state index is 11.4. The number of hydrogen-bond donors (Lipinski definition) is 2. The van der Waals surface area contributed by atoms with Crippen molar-refractivity contribution in [2.24, 2.45) is 11.1 Å². The van der Waals surface area contributed by atoms with E-state index in [2.05, 4.69) is 5.32 Å². The van der Waals surface area contributed by atoms with E-state index in [1.165, 1.54) is 18.2 Å². The van der Waals surface area contributed by atoms with Crippen LogP contribution in [0.5, 0.6) is 0 Å². The lowest BCUT2D eigenvalue weighted by Crippen LogP contribution is -2.18. The lowest BCUT2D eigenvalue weighted by molar-refractivity contribution is -0.118. The maximum atomic E-state index is 11.4. The molecule has 0 aliphatic rings. The molecule has 1 aromatic rings. The van der Waals surface area contributed by atoms with Gasteiger partial charge in [0.2, 0.25) is 15.9 Å². The van der Waals surface area contributed by atoms with E-state index in [1.54, 1.807) is 13.8 Å². The average molecular weight is 277 g/mol. The Morgan fingerprint density at radius 1 is 1.41 bits per heavy atom. The van der Waals surface area contributed by atoms with Crippen LogP contribution in [0.25, 0.3) is 0 Å². The van der Waals surface area contributed by atoms with Crippen LogP contribution in [0.3, 0.4) is 0 Å². The second-order valence-electron chi connectivity index (χ2n) is 3.83. The number of rotatable bonds is 3. The van der Waals surface area contributed by atoms with E-state index >= 15 is 0 Å². The number of nitrogens with one attached hydrogen (secondary N) is 1. The van der Waals surface area contributed by atoms with Crippen molar-refractivity contribution < 1.29 is 13.2 Å². The first kappa shape index (κ1) is 14.0. The van der Waals surface area contributed by atoms with Gasteiger partial charge in [-0.25, -0.2) is 13.6 Å². The molecule has 7 heteroatoms. The van der Waals surface area contributed by atoms with E-state index in [-0.39, 0.29) is 21.7 Å². The second kappa shape index (κ2) is 5.03. The molecular formula is C10H13ClN2O3S. The summed E-state index contributed by atoms with van der Waals surface area (Å²) in [5.41, 5.74) is 0.432. The van der Waals surface area contributed by atoms with Gasteiger partial charge in [0.15, 0.2) is 0 Å². The standard InChI is InChI=1S/C10H13ClN2O3S/c1-6(2)10(14)13-7-3-4-9(8(11)5-7)17(12,15)16/h3-6H,1-2H3,(H,13,14)(H2,12,15,16). The number of primary sulfonamides is 1. The molecule has 3 N–H and O–H groups in total. The molecule has 0 saturated heterocycles. The summed E-state index contributed by atoms with van der Waals surface area (Å²) in [4.78, 5) is 11.2. The molecule has 1 aromatic carbocycles. The summed E-state index contributed by atoms with van der Waals surface area (Å²) in [5, 5.41) is 7.54. The van der Waals surface area contributed by atoms with Crippen LogP contribution in [-0.4, -0.2) is 14.3 Å². The lowest BCUT2D eigenvalue weighted by atomic mass is 10.2. The van der Waals surface area contributed by atoms with E-state index in [9.17, 15) is 13.2 Å². The van der Waals surface area contributed by atoms with Gasteiger partial charge < -0.3 is 5.32 Å². The smallest absolute Gasteiger partial charge is 0.239 e. The molecule has 0 aromatic heterocycles. The molecule has 0 heterocycles. The van der Waals surface area contributed by atoms with Crippen molar-refractivity contribution in [2.75, 3.05) is 5.32 Å². The van der Waals surface area contributed by atoms with E-state index < -0.39 is 10.0 Å². The van der Waals surface area contributed by atoms with Crippen molar-refractivity contribution in [1.29, 1.82) is 0 Å². The highest BCUT2D eigenvalue weighted by molar-refractivity contribution is 7.89. The predicted octanol–water partition coefficient (Wildman–Crippen LogP) is 1.58. The van der Waals surface area contributed by atoms with Crippen LogP contribution in [-0.2, 0) is 14.8 Å². The van der Waals surface area contributed by atoms with Gasteiger partial charge in [-0.2, -0.15) is 0 Å². The number of carbonyl (C=O) groups excluding carboxylic acids is 1. The maximum Gasteiger partial charge on any atom is 0.239 e. The number of benzene rings is 1. The van der Waals surface area contributed by atoms with Crippen LogP contribution in [0.15, 0.2) is 23.1 Å². The van der Waals surface area contributed by atoms with Gasteiger partial charge >= 0.3 is 0 Å². The second-order valence-corrected chi connectivity index (χ2v) is 5.77. The Labute approximate surface area is 105 Å². The zero-order chi connectivity index (χ0) is 13.2. The monoisotopic (exact) mass is 276 g/mol. The Morgan fingerprint density at radius 3 is 2.41 bits per heavy atom. The van der Waals surface area contributed by atoms with E-state index in [0.717, 1.165) is 0 Å². The molecule has 17 heavy (non-hydrogen) atoms. The summed E-state index contributed by atoms with van der Waals surface area (Å²) in [6.07, 6.45) is 0. The fraction of sp³-hybridized carbons (Fsp3) is 0.300. The molecular weight excluding hydrogens is 264 g/mol. The molecule has 0 radical (unpaired) electrons. The number of amides is 1. The van der Waals surface area contributed by atoms with Gasteiger partial charge in [0.25, 0.3) is 0 Å². The van der Waals surface area contributed by atoms with E-state index in [4.69, 9.17) is 16.7 Å². The first-order valence-corrected chi connectivity index (χ1v) is 6.77. The summed E-state index contributed by atoms with van der Waals surface area (Å²) in [6, 6.07) is 4.04. The van der Waals surface area contributed by atoms with Crippen molar-refractivity contribution in [1.82, 2.24) is 0 Å². The predicted molar refractivity (Wildman–Crippen MR) is 66.3 cm³/mol. The molecule has 1 amide bonds. The Bertz CT molecular complexity index is 540. The Hall–Kier alpha value is -1.11.